The highest BCUT2D eigenvalue weighted by Gasteiger charge is 2.27. The second kappa shape index (κ2) is 8.59. The number of hydrogen-bond donors (Lipinski definition) is 2. The number of nitrogens with zero attached hydrogens (tertiary/aromatic N) is 1. The highest BCUT2D eigenvalue weighted by atomic mass is 32.2. The molecule has 2 N–H and O–H groups in total. The van der Waals surface area contributed by atoms with Gasteiger partial charge in [-0.05, 0) is 62.8 Å². The van der Waals surface area contributed by atoms with Crippen LogP contribution in [0.2, 0.25) is 0 Å². The van der Waals surface area contributed by atoms with Crippen molar-refractivity contribution >= 4 is 51.0 Å². The molecule has 29 heavy (non-hydrogen) atoms. The minimum Gasteiger partial charge on any atom is -0.462 e. The van der Waals surface area contributed by atoms with Gasteiger partial charge in [-0.25, -0.2) is 9.78 Å². The number of amides is 1. The van der Waals surface area contributed by atoms with Crippen molar-refractivity contribution in [3.05, 3.63) is 39.8 Å². The Morgan fingerprint density at radius 1 is 1.31 bits per heavy atom. The number of fused-ring (bicyclic) bond motifs is 2. The lowest BCUT2D eigenvalue weighted by molar-refractivity contribution is -0.113. The summed E-state index contributed by atoms with van der Waals surface area (Å²) in [6.45, 7) is 4.14. The van der Waals surface area contributed by atoms with Crippen LogP contribution in [0, 0.1) is 6.92 Å². The van der Waals surface area contributed by atoms with Gasteiger partial charge >= 0.3 is 5.97 Å². The van der Waals surface area contributed by atoms with Gasteiger partial charge in [-0.15, -0.1) is 11.3 Å². The number of H-pyrrole nitrogens is 1. The first-order valence-electron chi connectivity index (χ1n) is 9.76. The largest absolute Gasteiger partial charge is 0.462 e. The smallest absolute Gasteiger partial charge is 0.341 e. The van der Waals surface area contributed by atoms with E-state index < -0.39 is 0 Å². The molecule has 0 unspecified atom stereocenters. The first-order chi connectivity index (χ1) is 14.0. The number of ether oxygens (including phenoxy) is 1. The number of rotatable bonds is 6. The predicted octanol–water partition coefficient (Wildman–Crippen LogP) is 4.72. The Labute approximate surface area is 177 Å². The van der Waals surface area contributed by atoms with E-state index in [9.17, 15) is 9.59 Å². The number of aromatic amines is 1. The fraction of sp³-hybridized carbons (Fsp3) is 0.381. The van der Waals surface area contributed by atoms with Crippen LogP contribution in [0.1, 0.15) is 46.1 Å². The lowest BCUT2D eigenvalue weighted by Gasteiger charge is -2.12. The van der Waals surface area contributed by atoms with Crippen LogP contribution in [0.15, 0.2) is 23.4 Å². The molecule has 0 fully saturated rings. The Bertz CT molecular complexity index is 1070. The molecule has 0 atom stereocenters. The summed E-state index contributed by atoms with van der Waals surface area (Å²) in [5, 5.41) is 4.25. The Balaban J connectivity index is 1.47. The summed E-state index contributed by atoms with van der Waals surface area (Å²) in [6, 6.07) is 6.02. The number of anilines is 1. The molecule has 0 radical (unpaired) electrons. The number of thioether (sulfide) groups is 1. The normalized spacial score (nSPS) is 13.3. The van der Waals surface area contributed by atoms with Crippen LogP contribution < -0.4 is 5.32 Å². The predicted molar refractivity (Wildman–Crippen MR) is 117 cm³/mol. The van der Waals surface area contributed by atoms with Crippen molar-refractivity contribution in [2.75, 3.05) is 17.7 Å². The van der Waals surface area contributed by atoms with Crippen LogP contribution >= 0.6 is 23.1 Å². The molecule has 1 aliphatic carbocycles. The second-order valence-corrected chi connectivity index (χ2v) is 9.10. The molecule has 1 amide bonds. The third-order valence-electron chi connectivity index (χ3n) is 4.86. The van der Waals surface area contributed by atoms with E-state index in [0.717, 1.165) is 47.8 Å². The van der Waals surface area contributed by atoms with E-state index in [1.54, 1.807) is 6.92 Å². The number of imidazole rings is 1. The van der Waals surface area contributed by atoms with Gasteiger partial charge in [0.2, 0.25) is 5.91 Å². The first-order valence-corrected chi connectivity index (χ1v) is 11.6. The number of thiophene rings is 1. The number of carbonyl (C=O) groups is 2. The van der Waals surface area contributed by atoms with Gasteiger partial charge < -0.3 is 15.0 Å². The summed E-state index contributed by atoms with van der Waals surface area (Å²) in [5.74, 6) is -0.290. The average molecular weight is 430 g/mol. The molecule has 1 aromatic carbocycles. The monoisotopic (exact) mass is 429 g/mol. The topological polar surface area (TPSA) is 84.1 Å². The fourth-order valence-corrected chi connectivity index (χ4v) is 5.52. The zero-order valence-electron chi connectivity index (χ0n) is 16.5. The van der Waals surface area contributed by atoms with E-state index in [-0.39, 0.29) is 17.6 Å². The van der Waals surface area contributed by atoms with Gasteiger partial charge in [-0.2, -0.15) is 0 Å². The molecule has 0 aliphatic heterocycles. The van der Waals surface area contributed by atoms with Gasteiger partial charge in [0.15, 0.2) is 5.16 Å². The van der Waals surface area contributed by atoms with Gasteiger partial charge in [0.1, 0.15) is 5.00 Å². The van der Waals surface area contributed by atoms with Gasteiger partial charge in [-0.1, -0.05) is 17.8 Å². The summed E-state index contributed by atoms with van der Waals surface area (Å²) >= 11 is 2.85. The maximum absolute atomic E-state index is 12.6. The van der Waals surface area contributed by atoms with Crippen molar-refractivity contribution in [1.29, 1.82) is 0 Å². The zero-order chi connectivity index (χ0) is 20.4. The summed E-state index contributed by atoms with van der Waals surface area (Å²) in [4.78, 5) is 34.0. The average Bonchev–Trinajstić information content (AvgIpc) is 3.26. The van der Waals surface area contributed by atoms with Crippen molar-refractivity contribution in [2.45, 2.75) is 44.7 Å². The summed E-state index contributed by atoms with van der Waals surface area (Å²) in [7, 11) is 0. The minimum absolute atomic E-state index is 0.157. The van der Waals surface area contributed by atoms with E-state index in [1.165, 1.54) is 28.0 Å². The number of aryl methyl sites for hydroxylation is 2. The molecule has 0 saturated carbocycles. The van der Waals surface area contributed by atoms with E-state index in [2.05, 4.69) is 15.3 Å². The highest BCUT2D eigenvalue weighted by Crippen LogP contribution is 2.38. The lowest BCUT2D eigenvalue weighted by atomic mass is 9.95. The molecule has 152 valence electrons. The van der Waals surface area contributed by atoms with E-state index in [1.807, 2.05) is 25.1 Å². The quantitative estimate of drug-likeness (QED) is 0.438. The molecule has 2 aromatic heterocycles. The first kappa shape index (κ1) is 20.0. The Hall–Kier alpha value is -2.32. The number of esters is 1. The summed E-state index contributed by atoms with van der Waals surface area (Å²) in [6.07, 6.45) is 3.99. The van der Waals surface area contributed by atoms with Crippen molar-refractivity contribution < 1.29 is 14.3 Å². The number of hydrogen-bond acceptors (Lipinski definition) is 6. The molecule has 3 aromatic rings. The van der Waals surface area contributed by atoms with E-state index in [0.29, 0.717) is 22.3 Å². The maximum Gasteiger partial charge on any atom is 0.341 e. The maximum atomic E-state index is 12.6. The van der Waals surface area contributed by atoms with Crippen LogP contribution in [-0.2, 0) is 22.4 Å². The number of aromatic nitrogens is 2. The summed E-state index contributed by atoms with van der Waals surface area (Å²) in [5.41, 5.74) is 4.60. The molecule has 6 nitrogen and oxygen atoms in total. The number of carbonyl (C=O) groups excluding carboxylic acids is 2. The number of benzene rings is 1. The Morgan fingerprint density at radius 2 is 2.14 bits per heavy atom. The van der Waals surface area contributed by atoms with Crippen molar-refractivity contribution in [2.24, 2.45) is 0 Å². The third-order valence-corrected chi connectivity index (χ3v) is 6.94. The van der Waals surface area contributed by atoms with E-state index in [4.69, 9.17) is 4.74 Å². The summed E-state index contributed by atoms with van der Waals surface area (Å²) < 4.78 is 5.24. The van der Waals surface area contributed by atoms with Crippen molar-refractivity contribution in [3.8, 4) is 0 Å². The lowest BCUT2D eigenvalue weighted by Crippen LogP contribution is -2.17. The molecular formula is C21H23N3O3S2. The SMILES string of the molecule is CCOC(=O)c1c(NC(=O)CSc2nc3ccc(C)cc3[nH]2)sc2c1CCCC2. The van der Waals surface area contributed by atoms with Crippen LogP contribution in [0.3, 0.4) is 0 Å². The molecule has 1 aliphatic rings. The molecular weight excluding hydrogens is 406 g/mol. The van der Waals surface area contributed by atoms with Crippen molar-refractivity contribution in [1.82, 2.24) is 9.97 Å². The van der Waals surface area contributed by atoms with Crippen LogP contribution in [0.4, 0.5) is 5.00 Å². The second-order valence-electron chi connectivity index (χ2n) is 7.03. The molecule has 0 spiro atoms. The molecule has 4 rings (SSSR count). The molecule has 0 bridgehead atoms. The van der Waals surface area contributed by atoms with Crippen LogP contribution in [-0.4, -0.2) is 34.2 Å². The third kappa shape index (κ3) is 4.33. The molecule has 8 heteroatoms. The van der Waals surface area contributed by atoms with Gasteiger partial charge in [-0.3, -0.25) is 4.79 Å². The zero-order valence-corrected chi connectivity index (χ0v) is 18.1. The van der Waals surface area contributed by atoms with Crippen LogP contribution in [0.5, 0.6) is 0 Å². The van der Waals surface area contributed by atoms with Gasteiger partial charge in [0.25, 0.3) is 0 Å². The standard InChI is InChI=1S/C21H23N3O3S2/c1-3-27-20(26)18-13-6-4-5-7-16(13)29-19(18)24-17(25)11-28-21-22-14-9-8-12(2)10-15(14)23-21/h8-10H,3-7,11H2,1-2H3,(H,22,23)(H,24,25). The Morgan fingerprint density at radius 3 is 2.97 bits per heavy atom. The van der Waals surface area contributed by atoms with Crippen LogP contribution in [0.25, 0.3) is 11.0 Å². The fourth-order valence-electron chi connectivity index (χ4n) is 3.54. The van der Waals surface area contributed by atoms with Crippen molar-refractivity contribution in [3.63, 3.8) is 0 Å². The highest BCUT2D eigenvalue weighted by molar-refractivity contribution is 7.99. The number of nitrogens with one attached hydrogen (secondary N) is 2. The van der Waals surface area contributed by atoms with Gasteiger partial charge in [0.05, 0.1) is 29.0 Å². The molecule has 2 heterocycles. The van der Waals surface area contributed by atoms with E-state index >= 15 is 0 Å². The minimum atomic E-state index is -0.345. The Kier molecular flexibility index (Phi) is 5.91. The van der Waals surface area contributed by atoms with Gasteiger partial charge in [0, 0.05) is 4.88 Å². The molecule has 0 saturated heterocycles.